The number of aromatic nitrogens is 2. The van der Waals surface area contributed by atoms with E-state index in [-0.39, 0.29) is 5.56 Å². The van der Waals surface area contributed by atoms with Crippen LogP contribution in [0.4, 0.5) is 0 Å². The number of hydrogen-bond donors (Lipinski definition) is 0. The van der Waals surface area contributed by atoms with Gasteiger partial charge in [-0.1, -0.05) is 6.07 Å². The predicted molar refractivity (Wildman–Crippen MR) is 59.3 cm³/mol. The molecule has 0 unspecified atom stereocenters. The highest BCUT2D eigenvalue weighted by molar-refractivity contribution is 5.26. The maximum atomic E-state index is 11.6. The Hall–Kier alpha value is -1.90. The van der Waals surface area contributed by atoms with Gasteiger partial charge in [0.15, 0.2) is 0 Å². The van der Waals surface area contributed by atoms with Crippen LogP contribution in [-0.2, 0) is 0 Å². The number of hydrogen-bond acceptors (Lipinski definition) is 2. The molecule has 2 rings (SSSR count). The molecule has 0 aromatic carbocycles. The Balaban J connectivity index is 2.55. The Morgan fingerprint density at radius 3 is 2.53 bits per heavy atom. The average Bonchev–Trinajstić information content (AvgIpc) is 2.20. The maximum Gasteiger partial charge on any atom is 0.256 e. The minimum Gasteiger partial charge on any atom is -0.269 e. The monoisotopic (exact) mass is 200 g/mol. The summed E-state index contributed by atoms with van der Waals surface area (Å²) in [6.07, 6.45) is 3.50. The fraction of sp³-hybridized carbons (Fsp3) is 0.167. The van der Waals surface area contributed by atoms with Gasteiger partial charge in [-0.2, -0.15) is 0 Å². The fourth-order valence-corrected chi connectivity index (χ4v) is 1.37. The lowest BCUT2D eigenvalue weighted by molar-refractivity contribution is 0.932. The lowest BCUT2D eigenvalue weighted by Gasteiger charge is -2.04. The molecule has 0 fully saturated rings. The lowest BCUT2D eigenvalue weighted by Crippen LogP contribution is -2.17. The molecule has 0 N–H and O–H groups in total. The van der Waals surface area contributed by atoms with Gasteiger partial charge in [-0.15, -0.1) is 0 Å². The van der Waals surface area contributed by atoms with Crippen LogP contribution in [0.15, 0.2) is 41.5 Å². The largest absolute Gasteiger partial charge is 0.269 e. The minimum absolute atomic E-state index is 0.0497. The van der Waals surface area contributed by atoms with Gasteiger partial charge in [0.1, 0.15) is 5.82 Å². The van der Waals surface area contributed by atoms with Crippen molar-refractivity contribution in [1.82, 2.24) is 9.55 Å². The molecule has 2 aromatic rings. The van der Waals surface area contributed by atoms with Gasteiger partial charge < -0.3 is 0 Å². The molecule has 0 saturated heterocycles. The van der Waals surface area contributed by atoms with Crippen LogP contribution >= 0.6 is 0 Å². The summed E-state index contributed by atoms with van der Waals surface area (Å²) in [5.41, 5.74) is 1.99. The second-order valence-electron chi connectivity index (χ2n) is 3.61. The highest BCUT2D eigenvalue weighted by Gasteiger charge is 1.99. The molecule has 0 aliphatic heterocycles. The van der Waals surface area contributed by atoms with Crippen LogP contribution in [0.25, 0.3) is 5.82 Å². The first-order valence-corrected chi connectivity index (χ1v) is 4.79. The predicted octanol–water partition coefficient (Wildman–Crippen LogP) is 1.85. The summed E-state index contributed by atoms with van der Waals surface area (Å²) < 4.78 is 1.53. The van der Waals surface area contributed by atoms with Crippen LogP contribution in [0.1, 0.15) is 11.1 Å². The van der Waals surface area contributed by atoms with Crippen molar-refractivity contribution >= 4 is 0 Å². The SMILES string of the molecule is Cc1ccc(-n2ccc(C)cc2=O)nc1. The van der Waals surface area contributed by atoms with Crippen LogP contribution in [0.2, 0.25) is 0 Å². The summed E-state index contributed by atoms with van der Waals surface area (Å²) in [4.78, 5) is 15.9. The average molecular weight is 200 g/mol. The quantitative estimate of drug-likeness (QED) is 0.704. The highest BCUT2D eigenvalue weighted by atomic mass is 16.1. The van der Waals surface area contributed by atoms with Crippen molar-refractivity contribution in [2.45, 2.75) is 13.8 Å². The van der Waals surface area contributed by atoms with Gasteiger partial charge in [0.05, 0.1) is 0 Å². The highest BCUT2D eigenvalue weighted by Crippen LogP contribution is 2.03. The van der Waals surface area contributed by atoms with Crippen LogP contribution in [0, 0.1) is 13.8 Å². The van der Waals surface area contributed by atoms with E-state index in [0.29, 0.717) is 5.82 Å². The second kappa shape index (κ2) is 3.69. The third-order valence-corrected chi connectivity index (χ3v) is 2.22. The molecule has 2 aromatic heterocycles. The van der Waals surface area contributed by atoms with Crippen LogP contribution < -0.4 is 5.56 Å². The van der Waals surface area contributed by atoms with Gasteiger partial charge in [0.25, 0.3) is 5.56 Å². The molecule has 0 saturated carbocycles. The van der Waals surface area contributed by atoms with Crippen molar-refractivity contribution in [1.29, 1.82) is 0 Å². The molecule has 0 aliphatic carbocycles. The molecule has 3 heteroatoms. The Labute approximate surface area is 88.0 Å². The topological polar surface area (TPSA) is 34.9 Å². The molecule has 15 heavy (non-hydrogen) atoms. The number of pyridine rings is 2. The Kier molecular flexibility index (Phi) is 2.37. The first kappa shape index (κ1) is 9.65. The third-order valence-electron chi connectivity index (χ3n) is 2.22. The van der Waals surface area contributed by atoms with Crippen LogP contribution in [-0.4, -0.2) is 9.55 Å². The summed E-state index contributed by atoms with van der Waals surface area (Å²) in [6, 6.07) is 7.27. The van der Waals surface area contributed by atoms with E-state index in [4.69, 9.17) is 0 Å². The molecule has 0 amide bonds. The van der Waals surface area contributed by atoms with E-state index in [1.165, 1.54) is 4.57 Å². The number of aryl methyl sites for hydroxylation is 2. The maximum absolute atomic E-state index is 11.6. The molecule has 2 heterocycles. The Morgan fingerprint density at radius 1 is 1.13 bits per heavy atom. The first-order chi connectivity index (χ1) is 7.16. The zero-order chi connectivity index (χ0) is 10.8. The van der Waals surface area contributed by atoms with Gasteiger partial charge in [-0.25, -0.2) is 4.98 Å². The Morgan fingerprint density at radius 2 is 1.93 bits per heavy atom. The summed E-state index contributed by atoms with van der Waals surface area (Å²) in [5, 5.41) is 0. The normalized spacial score (nSPS) is 10.3. The van der Waals surface area contributed by atoms with Crippen molar-refractivity contribution in [2.24, 2.45) is 0 Å². The summed E-state index contributed by atoms with van der Waals surface area (Å²) in [5.74, 6) is 0.658. The van der Waals surface area contributed by atoms with E-state index in [1.54, 1.807) is 18.5 Å². The summed E-state index contributed by atoms with van der Waals surface area (Å²) >= 11 is 0. The zero-order valence-corrected chi connectivity index (χ0v) is 8.77. The first-order valence-electron chi connectivity index (χ1n) is 4.79. The lowest BCUT2D eigenvalue weighted by atomic mass is 10.3. The number of nitrogens with zero attached hydrogens (tertiary/aromatic N) is 2. The standard InChI is InChI=1S/C12H12N2O/c1-9-5-6-14(12(15)7-9)11-4-3-10(2)8-13-11/h3-8H,1-2H3. The van der Waals surface area contributed by atoms with E-state index in [9.17, 15) is 4.79 Å². The van der Waals surface area contributed by atoms with Crippen molar-refractivity contribution < 1.29 is 0 Å². The molecule has 0 radical (unpaired) electrons. The van der Waals surface area contributed by atoms with E-state index in [2.05, 4.69) is 4.98 Å². The molecule has 0 spiro atoms. The van der Waals surface area contributed by atoms with Gasteiger partial charge >= 0.3 is 0 Å². The second-order valence-corrected chi connectivity index (χ2v) is 3.61. The molecular weight excluding hydrogens is 188 g/mol. The fourth-order valence-electron chi connectivity index (χ4n) is 1.37. The number of rotatable bonds is 1. The molecule has 0 atom stereocenters. The van der Waals surface area contributed by atoms with Gasteiger partial charge in [0, 0.05) is 18.5 Å². The molecule has 0 bridgehead atoms. The zero-order valence-electron chi connectivity index (χ0n) is 8.77. The van der Waals surface area contributed by atoms with Crippen LogP contribution in [0.3, 0.4) is 0 Å². The van der Waals surface area contributed by atoms with Crippen molar-refractivity contribution in [3.05, 3.63) is 58.1 Å². The molecule has 0 aliphatic rings. The third kappa shape index (κ3) is 1.96. The molecule has 3 nitrogen and oxygen atoms in total. The van der Waals surface area contributed by atoms with Gasteiger partial charge in [0.2, 0.25) is 0 Å². The van der Waals surface area contributed by atoms with Gasteiger partial charge in [-0.3, -0.25) is 9.36 Å². The molecular formula is C12H12N2O. The smallest absolute Gasteiger partial charge is 0.256 e. The van der Waals surface area contributed by atoms with E-state index < -0.39 is 0 Å². The minimum atomic E-state index is -0.0497. The van der Waals surface area contributed by atoms with Gasteiger partial charge in [-0.05, 0) is 37.1 Å². The van der Waals surface area contributed by atoms with Crippen molar-refractivity contribution in [2.75, 3.05) is 0 Å². The van der Waals surface area contributed by atoms with Crippen molar-refractivity contribution in [3.63, 3.8) is 0 Å². The van der Waals surface area contributed by atoms with E-state index in [0.717, 1.165) is 11.1 Å². The summed E-state index contributed by atoms with van der Waals surface area (Å²) in [6.45, 7) is 3.86. The van der Waals surface area contributed by atoms with E-state index >= 15 is 0 Å². The van der Waals surface area contributed by atoms with Crippen LogP contribution in [0.5, 0.6) is 0 Å². The van der Waals surface area contributed by atoms with E-state index in [1.807, 2.05) is 32.0 Å². The molecule has 76 valence electrons. The summed E-state index contributed by atoms with van der Waals surface area (Å²) in [7, 11) is 0. The Bertz CT molecular complexity index is 526. The van der Waals surface area contributed by atoms with Crippen molar-refractivity contribution in [3.8, 4) is 5.82 Å².